The number of rotatable bonds is 7. The van der Waals surface area contributed by atoms with Crippen LogP contribution in [0.4, 0.5) is 0 Å². The van der Waals surface area contributed by atoms with Crippen LogP contribution in [0.2, 0.25) is 0 Å². The van der Waals surface area contributed by atoms with Gasteiger partial charge in [-0.05, 0) is 39.8 Å². The number of nitrogens with one attached hydrogen (secondary N) is 1. The average molecular weight is 248 g/mol. The second-order valence-corrected chi connectivity index (χ2v) is 5.32. The molecule has 0 bridgehead atoms. The van der Waals surface area contributed by atoms with Gasteiger partial charge in [-0.15, -0.1) is 0 Å². The summed E-state index contributed by atoms with van der Waals surface area (Å²) >= 11 is 0. The van der Waals surface area contributed by atoms with E-state index in [1.807, 2.05) is 0 Å². The van der Waals surface area contributed by atoms with E-state index in [4.69, 9.17) is 0 Å². The molecule has 0 saturated carbocycles. The highest BCUT2D eigenvalue weighted by molar-refractivity contribution is 5.23. The minimum Gasteiger partial charge on any atom is -0.309 e. The standard InChI is InChI=1S/C16H28N2/c1-6-14(3)18(5)12-11-17-15(4)16-9-7-13(2)8-10-16/h7-10,14-15,17H,6,11-12H2,1-5H3. The van der Waals surface area contributed by atoms with E-state index in [9.17, 15) is 0 Å². The Labute approximate surface area is 112 Å². The first-order valence-electron chi connectivity index (χ1n) is 7.04. The highest BCUT2D eigenvalue weighted by Gasteiger charge is 2.08. The van der Waals surface area contributed by atoms with E-state index >= 15 is 0 Å². The molecule has 1 N–H and O–H groups in total. The zero-order chi connectivity index (χ0) is 13.5. The lowest BCUT2D eigenvalue weighted by Crippen LogP contribution is -2.35. The van der Waals surface area contributed by atoms with Gasteiger partial charge >= 0.3 is 0 Å². The Bertz CT molecular complexity index is 331. The molecule has 0 heterocycles. The molecule has 0 aliphatic carbocycles. The molecule has 1 rings (SSSR count). The maximum Gasteiger partial charge on any atom is 0.0292 e. The van der Waals surface area contributed by atoms with Gasteiger partial charge in [0.2, 0.25) is 0 Å². The summed E-state index contributed by atoms with van der Waals surface area (Å²) in [5, 5.41) is 3.59. The molecular weight excluding hydrogens is 220 g/mol. The van der Waals surface area contributed by atoms with Gasteiger partial charge in [0, 0.05) is 25.2 Å². The third kappa shape index (κ3) is 4.79. The lowest BCUT2D eigenvalue weighted by Gasteiger charge is -2.24. The van der Waals surface area contributed by atoms with Gasteiger partial charge in [-0.2, -0.15) is 0 Å². The Balaban J connectivity index is 2.33. The van der Waals surface area contributed by atoms with Crippen molar-refractivity contribution in [2.45, 2.75) is 46.2 Å². The zero-order valence-corrected chi connectivity index (χ0v) is 12.5. The molecule has 2 heteroatoms. The molecule has 0 amide bonds. The van der Waals surface area contributed by atoms with Crippen LogP contribution in [0.5, 0.6) is 0 Å². The van der Waals surface area contributed by atoms with Crippen LogP contribution in [0.3, 0.4) is 0 Å². The van der Waals surface area contributed by atoms with Crippen molar-refractivity contribution in [3.63, 3.8) is 0 Å². The van der Waals surface area contributed by atoms with E-state index in [0.717, 1.165) is 13.1 Å². The van der Waals surface area contributed by atoms with Crippen molar-refractivity contribution in [2.75, 3.05) is 20.1 Å². The van der Waals surface area contributed by atoms with Crippen LogP contribution >= 0.6 is 0 Å². The Morgan fingerprint density at radius 2 is 1.78 bits per heavy atom. The van der Waals surface area contributed by atoms with Crippen LogP contribution in [0.25, 0.3) is 0 Å². The SMILES string of the molecule is CCC(C)N(C)CCNC(C)c1ccc(C)cc1. The molecule has 2 nitrogen and oxygen atoms in total. The van der Waals surface area contributed by atoms with Gasteiger partial charge in [-0.3, -0.25) is 0 Å². The maximum atomic E-state index is 3.59. The lowest BCUT2D eigenvalue weighted by molar-refractivity contribution is 0.249. The number of hydrogen-bond acceptors (Lipinski definition) is 2. The summed E-state index contributed by atoms with van der Waals surface area (Å²) in [7, 11) is 2.20. The van der Waals surface area contributed by atoms with E-state index in [2.05, 4.69) is 69.2 Å². The van der Waals surface area contributed by atoms with Crippen molar-refractivity contribution in [1.29, 1.82) is 0 Å². The smallest absolute Gasteiger partial charge is 0.0292 e. The average Bonchev–Trinajstić information content (AvgIpc) is 2.38. The van der Waals surface area contributed by atoms with Gasteiger partial charge in [-0.25, -0.2) is 0 Å². The summed E-state index contributed by atoms with van der Waals surface area (Å²) in [6, 6.07) is 9.88. The third-order valence-electron chi connectivity index (χ3n) is 3.84. The van der Waals surface area contributed by atoms with Gasteiger partial charge in [0.15, 0.2) is 0 Å². The predicted molar refractivity (Wildman–Crippen MR) is 80.0 cm³/mol. The molecule has 1 aromatic rings. The summed E-state index contributed by atoms with van der Waals surface area (Å²) in [5.74, 6) is 0. The van der Waals surface area contributed by atoms with Crippen LogP contribution in [0.1, 0.15) is 44.4 Å². The van der Waals surface area contributed by atoms with Crippen molar-refractivity contribution in [2.24, 2.45) is 0 Å². The number of likely N-dealkylation sites (N-methyl/N-ethyl adjacent to an activating group) is 1. The molecule has 0 spiro atoms. The first-order valence-corrected chi connectivity index (χ1v) is 7.04. The summed E-state index contributed by atoms with van der Waals surface area (Å²) in [6.45, 7) is 11.0. The first kappa shape index (κ1) is 15.2. The molecule has 0 aromatic heterocycles. The number of hydrogen-bond donors (Lipinski definition) is 1. The van der Waals surface area contributed by atoms with E-state index in [-0.39, 0.29) is 0 Å². The molecule has 0 radical (unpaired) electrons. The summed E-state index contributed by atoms with van der Waals surface area (Å²) in [4.78, 5) is 2.41. The second kappa shape index (κ2) is 7.55. The quantitative estimate of drug-likeness (QED) is 0.796. The summed E-state index contributed by atoms with van der Waals surface area (Å²) in [6.07, 6.45) is 1.21. The molecule has 2 unspecified atom stereocenters. The Kier molecular flexibility index (Phi) is 6.37. The van der Waals surface area contributed by atoms with Crippen LogP contribution in [0.15, 0.2) is 24.3 Å². The fraction of sp³-hybridized carbons (Fsp3) is 0.625. The fourth-order valence-electron chi connectivity index (χ4n) is 1.96. The Hall–Kier alpha value is -0.860. The Morgan fingerprint density at radius 1 is 1.17 bits per heavy atom. The molecule has 1 aromatic carbocycles. The highest BCUT2D eigenvalue weighted by atomic mass is 15.1. The molecule has 0 aliphatic rings. The third-order valence-corrected chi connectivity index (χ3v) is 3.84. The minimum absolute atomic E-state index is 0.427. The molecule has 2 atom stereocenters. The van der Waals surface area contributed by atoms with E-state index < -0.39 is 0 Å². The normalized spacial score (nSPS) is 14.8. The van der Waals surface area contributed by atoms with Crippen molar-refractivity contribution in [3.05, 3.63) is 35.4 Å². The van der Waals surface area contributed by atoms with Gasteiger partial charge in [0.25, 0.3) is 0 Å². The maximum absolute atomic E-state index is 3.59. The zero-order valence-electron chi connectivity index (χ0n) is 12.5. The van der Waals surface area contributed by atoms with Crippen molar-refractivity contribution in [3.8, 4) is 0 Å². The van der Waals surface area contributed by atoms with E-state index in [1.54, 1.807) is 0 Å². The lowest BCUT2D eigenvalue weighted by atomic mass is 10.1. The second-order valence-electron chi connectivity index (χ2n) is 5.32. The predicted octanol–water partition coefficient (Wildman–Crippen LogP) is 3.38. The largest absolute Gasteiger partial charge is 0.309 e. The Morgan fingerprint density at radius 3 is 2.33 bits per heavy atom. The first-order chi connectivity index (χ1) is 8.54. The molecule has 18 heavy (non-hydrogen) atoms. The van der Waals surface area contributed by atoms with Crippen molar-refractivity contribution < 1.29 is 0 Å². The topological polar surface area (TPSA) is 15.3 Å². The van der Waals surface area contributed by atoms with Crippen LogP contribution < -0.4 is 5.32 Å². The number of benzene rings is 1. The highest BCUT2D eigenvalue weighted by Crippen LogP contribution is 2.12. The fourth-order valence-corrected chi connectivity index (χ4v) is 1.96. The summed E-state index contributed by atoms with van der Waals surface area (Å²) in [5.41, 5.74) is 2.69. The van der Waals surface area contributed by atoms with Crippen molar-refractivity contribution >= 4 is 0 Å². The van der Waals surface area contributed by atoms with Crippen molar-refractivity contribution in [1.82, 2.24) is 10.2 Å². The van der Waals surface area contributed by atoms with Gasteiger partial charge in [-0.1, -0.05) is 36.8 Å². The van der Waals surface area contributed by atoms with E-state index in [1.165, 1.54) is 17.5 Å². The molecule has 0 saturated heterocycles. The van der Waals surface area contributed by atoms with Gasteiger partial charge in [0.05, 0.1) is 0 Å². The molecule has 0 fully saturated rings. The minimum atomic E-state index is 0.427. The monoisotopic (exact) mass is 248 g/mol. The summed E-state index contributed by atoms with van der Waals surface area (Å²) < 4.78 is 0. The van der Waals surface area contributed by atoms with Crippen LogP contribution in [-0.4, -0.2) is 31.1 Å². The van der Waals surface area contributed by atoms with Gasteiger partial charge < -0.3 is 10.2 Å². The van der Waals surface area contributed by atoms with Crippen LogP contribution in [-0.2, 0) is 0 Å². The molecule has 102 valence electrons. The molecular formula is C16H28N2. The number of nitrogens with zero attached hydrogens (tertiary/aromatic N) is 1. The number of aryl methyl sites for hydroxylation is 1. The van der Waals surface area contributed by atoms with Gasteiger partial charge in [0.1, 0.15) is 0 Å². The van der Waals surface area contributed by atoms with E-state index in [0.29, 0.717) is 12.1 Å². The van der Waals surface area contributed by atoms with Crippen LogP contribution in [0, 0.1) is 6.92 Å². The molecule has 0 aliphatic heterocycles.